The van der Waals surface area contributed by atoms with Crippen LogP contribution in [0.5, 0.6) is 0 Å². The average Bonchev–Trinajstić information content (AvgIpc) is 2.41. The zero-order valence-electron chi connectivity index (χ0n) is 10.6. The van der Waals surface area contributed by atoms with Gasteiger partial charge in [-0.25, -0.2) is 0 Å². The van der Waals surface area contributed by atoms with Crippen LogP contribution in [0.25, 0.3) is 0 Å². The Kier molecular flexibility index (Phi) is 4.14. The molecule has 0 saturated heterocycles. The third kappa shape index (κ3) is 3.03. The second-order valence-electron chi connectivity index (χ2n) is 4.19. The number of nitro benzene ring substituents is 1. The highest BCUT2D eigenvalue weighted by atomic mass is 79.9. The minimum absolute atomic E-state index is 0.0757. The summed E-state index contributed by atoms with van der Waals surface area (Å²) in [5.74, 6) is -0.302. The van der Waals surface area contributed by atoms with Gasteiger partial charge in [-0.2, -0.15) is 0 Å². The SMILES string of the molecule is Cc1ccccc1C(=O)Nc1cc([N+](=O)[O-])ccc1Br. The molecule has 5 nitrogen and oxygen atoms in total. The van der Waals surface area contributed by atoms with Crippen molar-refractivity contribution < 1.29 is 9.72 Å². The Bertz CT molecular complexity index is 686. The number of carbonyl (C=O) groups excluding carboxylic acids is 1. The summed E-state index contributed by atoms with van der Waals surface area (Å²) in [6.07, 6.45) is 0. The summed E-state index contributed by atoms with van der Waals surface area (Å²) in [5.41, 5.74) is 1.66. The van der Waals surface area contributed by atoms with Gasteiger partial charge in [0.1, 0.15) is 0 Å². The molecule has 0 aliphatic rings. The molecular weight excluding hydrogens is 324 g/mol. The highest BCUT2D eigenvalue weighted by molar-refractivity contribution is 9.10. The molecule has 2 rings (SSSR count). The summed E-state index contributed by atoms with van der Waals surface area (Å²) in [7, 11) is 0. The molecule has 0 spiro atoms. The smallest absolute Gasteiger partial charge is 0.271 e. The van der Waals surface area contributed by atoms with E-state index in [0.717, 1.165) is 5.56 Å². The first-order chi connectivity index (χ1) is 9.49. The molecule has 0 unspecified atom stereocenters. The van der Waals surface area contributed by atoms with Crippen LogP contribution in [0.3, 0.4) is 0 Å². The third-order valence-electron chi connectivity index (χ3n) is 2.80. The van der Waals surface area contributed by atoms with Crippen molar-refractivity contribution >= 4 is 33.2 Å². The van der Waals surface area contributed by atoms with Gasteiger partial charge in [-0.05, 0) is 40.5 Å². The van der Waals surface area contributed by atoms with Crippen molar-refractivity contribution in [2.24, 2.45) is 0 Å². The monoisotopic (exact) mass is 334 g/mol. The van der Waals surface area contributed by atoms with E-state index in [-0.39, 0.29) is 11.6 Å². The average molecular weight is 335 g/mol. The Morgan fingerprint density at radius 2 is 1.95 bits per heavy atom. The van der Waals surface area contributed by atoms with E-state index < -0.39 is 4.92 Å². The Hall–Kier alpha value is -2.21. The van der Waals surface area contributed by atoms with Gasteiger partial charge in [0.2, 0.25) is 0 Å². The standard InChI is InChI=1S/C14H11BrN2O3/c1-9-4-2-3-5-11(9)14(18)16-13-8-10(17(19)20)6-7-12(13)15/h2-8H,1H3,(H,16,18). The number of benzene rings is 2. The second-order valence-corrected chi connectivity index (χ2v) is 5.04. The molecule has 2 aromatic carbocycles. The van der Waals surface area contributed by atoms with Gasteiger partial charge < -0.3 is 5.32 Å². The minimum atomic E-state index is -0.504. The van der Waals surface area contributed by atoms with Crippen molar-refractivity contribution in [2.75, 3.05) is 5.32 Å². The van der Waals surface area contributed by atoms with Crippen LogP contribution in [0.1, 0.15) is 15.9 Å². The molecule has 0 atom stereocenters. The van der Waals surface area contributed by atoms with Crippen LogP contribution in [0.2, 0.25) is 0 Å². The lowest BCUT2D eigenvalue weighted by molar-refractivity contribution is -0.384. The number of non-ortho nitro benzene ring substituents is 1. The number of carbonyl (C=O) groups is 1. The highest BCUT2D eigenvalue weighted by Gasteiger charge is 2.13. The Morgan fingerprint density at radius 3 is 2.60 bits per heavy atom. The predicted octanol–water partition coefficient (Wildman–Crippen LogP) is 3.92. The zero-order valence-corrected chi connectivity index (χ0v) is 12.2. The van der Waals surface area contributed by atoms with Crippen LogP contribution in [0.4, 0.5) is 11.4 Å². The van der Waals surface area contributed by atoms with Gasteiger partial charge in [0.25, 0.3) is 11.6 Å². The predicted molar refractivity (Wildman–Crippen MR) is 79.9 cm³/mol. The van der Waals surface area contributed by atoms with Crippen molar-refractivity contribution in [1.82, 2.24) is 0 Å². The third-order valence-corrected chi connectivity index (χ3v) is 3.49. The highest BCUT2D eigenvalue weighted by Crippen LogP contribution is 2.27. The first-order valence-corrected chi connectivity index (χ1v) is 6.59. The van der Waals surface area contributed by atoms with E-state index >= 15 is 0 Å². The molecule has 1 N–H and O–H groups in total. The molecule has 0 aliphatic heterocycles. The quantitative estimate of drug-likeness (QED) is 0.683. The van der Waals surface area contributed by atoms with Crippen molar-refractivity contribution in [2.45, 2.75) is 6.92 Å². The maximum atomic E-state index is 12.2. The topological polar surface area (TPSA) is 72.2 Å². The van der Waals surface area contributed by atoms with Gasteiger partial charge in [0.05, 0.1) is 10.6 Å². The number of hydrogen-bond acceptors (Lipinski definition) is 3. The van der Waals surface area contributed by atoms with Crippen LogP contribution >= 0.6 is 15.9 Å². The van der Waals surface area contributed by atoms with Gasteiger partial charge in [0.15, 0.2) is 0 Å². The first-order valence-electron chi connectivity index (χ1n) is 5.80. The lowest BCUT2D eigenvalue weighted by atomic mass is 10.1. The van der Waals surface area contributed by atoms with Crippen molar-refractivity contribution in [3.63, 3.8) is 0 Å². The van der Waals surface area contributed by atoms with E-state index in [1.54, 1.807) is 12.1 Å². The summed E-state index contributed by atoms with van der Waals surface area (Å²) in [4.78, 5) is 22.4. The van der Waals surface area contributed by atoms with Gasteiger partial charge in [0, 0.05) is 22.2 Å². The van der Waals surface area contributed by atoms with E-state index in [4.69, 9.17) is 0 Å². The van der Waals surface area contributed by atoms with Crippen LogP contribution in [-0.2, 0) is 0 Å². The van der Waals surface area contributed by atoms with Crippen LogP contribution in [0.15, 0.2) is 46.9 Å². The molecule has 1 amide bonds. The summed E-state index contributed by atoms with van der Waals surface area (Å²) >= 11 is 3.26. The lowest BCUT2D eigenvalue weighted by Gasteiger charge is -2.09. The van der Waals surface area contributed by atoms with E-state index in [2.05, 4.69) is 21.2 Å². The second kappa shape index (κ2) is 5.83. The number of anilines is 1. The Morgan fingerprint density at radius 1 is 1.25 bits per heavy atom. The maximum absolute atomic E-state index is 12.2. The summed E-state index contributed by atoms with van der Waals surface area (Å²) < 4.78 is 0.588. The first kappa shape index (κ1) is 14.2. The number of halogens is 1. The van der Waals surface area contributed by atoms with Gasteiger partial charge in [-0.1, -0.05) is 18.2 Å². The summed E-state index contributed by atoms with van der Waals surface area (Å²) in [6, 6.07) is 11.4. The van der Waals surface area contributed by atoms with E-state index in [9.17, 15) is 14.9 Å². The molecule has 0 saturated carbocycles. The Labute approximate surface area is 123 Å². The molecule has 6 heteroatoms. The maximum Gasteiger partial charge on any atom is 0.271 e. The van der Waals surface area contributed by atoms with Crippen LogP contribution < -0.4 is 5.32 Å². The summed E-state index contributed by atoms with van der Waals surface area (Å²) in [5, 5.41) is 13.4. The molecule has 0 radical (unpaired) electrons. The fourth-order valence-electron chi connectivity index (χ4n) is 1.74. The fourth-order valence-corrected chi connectivity index (χ4v) is 2.09. The van der Waals surface area contributed by atoms with E-state index in [1.807, 2.05) is 19.1 Å². The number of hydrogen-bond donors (Lipinski definition) is 1. The number of amides is 1. The fraction of sp³-hybridized carbons (Fsp3) is 0.0714. The Balaban J connectivity index is 2.30. The minimum Gasteiger partial charge on any atom is -0.321 e. The largest absolute Gasteiger partial charge is 0.321 e. The zero-order chi connectivity index (χ0) is 14.7. The molecule has 0 fully saturated rings. The van der Waals surface area contributed by atoms with E-state index in [1.165, 1.54) is 18.2 Å². The lowest BCUT2D eigenvalue weighted by Crippen LogP contribution is -2.13. The molecule has 0 heterocycles. The van der Waals surface area contributed by atoms with Crippen LogP contribution in [-0.4, -0.2) is 10.8 Å². The van der Waals surface area contributed by atoms with E-state index in [0.29, 0.717) is 15.7 Å². The number of nitro groups is 1. The molecule has 0 aromatic heterocycles. The van der Waals surface area contributed by atoms with Crippen LogP contribution in [0, 0.1) is 17.0 Å². The number of nitrogens with zero attached hydrogens (tertiary/aromatic N) is 1. The van der Waals surface area contributed by atoms with Gasteiger partial charge >= 0.3 is 0 Å². The normalized spacial score (nSPS) is 10.1. The van der Waals surface area contributed by atoms with Crippen molar-refractivity contribution in [1.29, 1.82) is 0 Å². The molecule has 2 aromatic rings. The molecule has 0 aliphatic carbocycles. The van der Waals surface area contributed by atoms with Crippen molar-refractivity contribution in [3.05, 3.63) is 68.2 Å². The van der Waals surface area contributed by atoms with Gasteiger partial charge in [-0.15, -0.1) is 0 Å². The number of aryl methyl sites for hydroxylation is 1. The number of nitrogens with one attached hydrogen (secondary N) is 1. The molecule has 102 valence electrons. The molecular formula is C14H11BrN2O3. The van der Waals surface area contributed by atoms with Crippen molar-refractivity contribution in [3.8, 4) is 0 Å². The van der Waals surface area contributed by atoms with Gasteiger partial charge in [-0.3, -0.25) is 14.9 Å². The molecule has 20 heavy (non-hydrogen) atoms. The summed E-state index contributed by atoms with van der Waals surface area (Å²) in [6.45, 7) is 1.83. The number of rotatable bonds is 3. The molecule has 0 bridgehead atoms.